The summed E-state index contributed by atoms with van der Waals surface area (Å²) in [5.74, 6) is -0.366. The van der Waals surface area contributed by atoms with E-state index in [9.17, 15) is 30.0 Å². The van der Waals surface area contributed by atoms with Crippen molar-refractivity contribution in [2.45, 2.75) is 37.6 Å². The first-order chi connectivity index (χ1) is 16.7. The molecule has 0 radical (unpaired) electrons. The second-order valence-corrected chi connectivity index (χ2v) is 7.92. The number of methoxy groups -OCH3 is 1. The molecule has 0 aliphatic carbocycles. The standard InChI is InChI=1S/C24H24O11/c1-11(26)32-23-19(10-25)35-24(22(30)21(23)29)33-14-7-15(27)20-16(28)9-17(34-18(20)8-14)12-3-5-13(31-2)6-4-12/h3-9,19,21-25,27,29-30H,10H2,1-2H3/t19-,21-,22-,23-,24-/m1/s1. The molecular weight excluding hydrogens is 464 g/mol. The molecule has 11 nitrogen and oxygen atoms in total. The zero-order chi connectivity index (χ0) is 25.3. The number of carbonyl (C=O) groups is 1. The minimum absolute atomic E-state index is 0.000614. The maximum absolute atomic E-state index is 12.7. The Balaban J connectivity index is 1.65. The molecule has 0 amide bonds. The first-order valence-corrected chi connectivity index (χ1v) is 10.6. The molecule has 1 aliphatic heterocycles. The first-order valence-electron chi connectivity index (χ1n) is 10.6. The minimum atomic E-state index is -1.67. The third-order valence-corrected chi connectivity index (χ3v) is 5.53. The van der Waals surface area contributed by atoms with Gasteiger partial charge in [-0.15, -0.1) is 0 Å². The molecule has 0 spiro atoms. The number of phenolic OH excluding ortho intramolecular Hbond substituents is 1. The lowest BCUT2D eigenvalue weighted by molar-refractivity contribution is -0.281. The van der Waals surface area contributed by atoms with Crippen molar-refractivity contribution in [2.75, 3.05) is 13.7 Å². The van der Waals surface area contributed by atoms with Gasteiger partial charge in [0, 0.05) is 30.7 Å². The number of aliphatic hydroxyl groups is 3. The molecule has 3 aromatic rings. The van der Waals surface area contributed by atoms with Crippen LogP contribution in [0.4, 0.5) is 0 Å². The van der Waals surface area contributed by atoms with Crippen LogP contribution < -0.4 is 14.9 Å². The van der Waals surface area contributed by atoms with Gasteiger partial charge in [-0.25, -0.2) is 0 Å². The van der Waals surface area contributed by atoms with E-state index in [1.807, 2.05) is 0 Å². The number of carbonyl (C=O) groups excluding carboxylic acids is 1. The van der Waals surface area contributed by atoms with Crippen LogP contribution in [0.2, 0.25) is 0 Å². The number of ether oxygens (including phenoxy) is 4. The Kier molecular flexibility index (Phi) is 6.94. The molecule has 4 N–H and O–H groups in total. The molecule has 0 bridgehead atoms. The van der Waals surface area contributed by atoms with E-state index in [0.717, 1.165) is 13.0 Å². The lowest BCUT2D eigenvalue weighted by Crippen LogP contribution is -2.61. The summed E-state index contributed by atoms with van der Waals surface area (Å²) in [5, 5.41) is 40.8. The predicted molar refractivity (Wildman–Crippen MR) is 120 cm³/mol. The zero-order valence-corrected chi connectivity index (χ0v) is 18.8. The molecule has 1 fully saturated rings. The summed E-state index contributed by atoms with van der Waals surface area (Å²) in [5.41, 5.74) is 0.0998. The van der Waals surface area contributed by atoms with Crippen LogP contribution in [0.1, 0.15) is 6.92 Å². The molecular formula is C24H24O11. The van der Waals surface area contributed by atoms with E-state index in [0.29, 0.717) is 11.3 Å². The van der Waals surface area contributed by atoms with E-state index in [1.54, 1.807) is 24.3 Å². The van der Waals surface area contributed by atoms with Gasteiger partial charge in [0.1, 0.15) is 52.3 Å². The molecule has 2 aromatic carbocycles. The van der Waals surface area contributed by atoms with Crippen molar-refractivity contribution >= 4 is 16.9 Å². The molecule has 1 saturated heterocycles. The average Bonchev–Trinajstić information content (AvgIpc) is 2.83. The molecule has 0 saturated carbocycles. The summed E-state index contributed by atoms with van der Waals surface area (Å²) in [6.45, 7) is 0.479. The van der Waals surface area contributed by atoms with Crippen LogP contribution in [0.15, 0.2) is 51.7 Å². The molecule has 1 aromatic heterocycles. The van der Waals surface area contributed by atoms with E-state index < -0.39 is 54.5 Å². The van der Waals surface area contributed by atoms with E-state index in [2.05, 4.69) is 0 Å². The fraction of sp³-hybridized carbons (Fsp3) is 0.333. The maximum Gasteiger partial charge on any atom is 0.303 e. The van der Waals surface area contributed by atoms with Gasteiger partial charge in [0.05, 0.1) is 13.7 Å². The number of phenols is 1. The normalized spacial score (nSPS) is 24.2. The fourth-order valence-corrected chi connectivity index (χ4v) is 3.83. The van der Waals surface area contributed by atoms with Crippen LogP contribution in [0, 0.1) is 0 Å². The Morgan fingerprint density at radius 1 is 1.06 bits per heavy atom. The SMILES string of the molecule is COc1ccc(-c2cc(=O)c3c(O)cc(O[C@@H]4O[C@H](CO)[C@@H](OC(C)=O)[C@H](O)[C@H]4O)cc3o2)cc1. The Bertz CT molecular complexity index is 1260. The van der Waals surface area contributed by atoms with Crippen LogP contribution in [-0.2, 0) is 14.3 Å². The molecule has 0 unspecified atom stereocenters. The van der Waals surface area contributed by atoms with Gasteiger partial charge < -0.3 is 43.8 Å². The van der Waals surface area contributed by atoms with Crippen LogP contribution in [-0.4, -0.2) is 70.8 Å². The van der Waals surface area contributed by atoms with E-state index in [1.165, 1.54) is 19.2 Å². The maximum atomic E-state index is 12.7. The molecule has 4 rings (SSSR count). The Labute approximate surface area is 198 Å². The van der Waals surface area contributed by atoms with Crippen LogP contribution in [0.5, 0.6) is 17.2 Å². The molecule has 2 heterocycles. The number of hydrogen-bond acceptors (Lipinski definition) is 11. The highest BCUT2D eigenvalue weighted by atomic mass is 16.7. The molecule has 35 heavy (non-hydrogen) atoms. The number of fused-ring (bicyclic) bond motifs is 1. The van der Waals surface area contributed by atoms with Crippen molar-refractivity contribution in [1.29, 1.82) is 0 Å². The number of hydrogen-bond donors (Lipinski definition) is 4. The zero-order valence-electron chi connectivity index (χ0n) is 18.8. The summed E-state index contributed by atoms with van der Waals surface area (Å²) < 4.78 is 27.0. The fourth-order valence-electron chi connectivity index (χ4n) is 3.83. The van der Waals surface area contributed by atoms with Crippen LogP contribution >= 0.6 is 0 Å². The molecule has 186 valence electrons. The third kappa shape index (κ3) is 4.93. The number of aliphatic hydroxyl groups excluding tert-OH is 3. The average molecular weight is 488 g/mol. The summed E-state index contributed by atoms with van der Waals surface area (Å²) >= 11 is 0. The highest BCUT2D eigenvalue weighted by Gasteiger charge is 2.47. The first kappa shape index (κ1) is 24.5. The van der Waals surface area contributed by atoms with Crippen molar-refractivity contribution in [1.82, 2.24) is 0 Å². The summed E-state index contributed by atoms with van der Waals surface area (Å²) in [7, 11) is 1.53. The highest BCUT2D eigenvalue weighted by Crippen LogP contribution is 2.33. The Hall–Kier alpha value is -3.64. The van der Waals surface area contributed by atoms with Gasteiger partial charge in [0.25, 0.3) is 0 Å². The topological polar surface area (TPSA) is 165 Å². The van der Waals surface area contributed by atoms with Crippen molar-refractivity contribution in [3.63, 3.8) is 0 Å². The van der Waals surface area contributed by atoms with E-state index >= 15 is 0 Å². The van der Waals surface area contributed by atoms with Gasteiger partial charge in [-0.1, -0.05) is 0 Å². The minimum Gasteiger partial charge on any atom is -0.507 e. The molecule has 11 heteroatoms. The van der Waals surface area contributed by atoms with Crippen molar-refractivity contribution < 1.29 is 48.6 Å². The third-order valence-electron chi connectivity index (χ3n) is 5.53. The lowest BCUT2D eigenvalue weighted by Gasteiger charge is -2.41. The predicted octanol–water partition coefficient (Wildman–Crippen LogP) is 0.924. The van der Waals surface area contributed by atoms with Gasteiger partial charge >= 0.3 is 5.97 Å². The van der Waals surface area contributed by atoms with Crippen molar-refractivity contribution in [2.24, 2.45) is 0 Å². The number of aromatic hydroxyl groups is 1. The monoisotopic (exact) mass is 488 g/mol. The largest absolute Gasteiger partial charge is 0.507 e. The van der Waals surface area contributed by atoms with Gasteiger partial charge in [0.15, 0.2) is 11.5 Å². The second kappa shape index (κ2) is 9.92. The van der Waals surface area contributed by atoms with Gasteiger partial charge in [-0.05, 0) is 24.3 Å². The Morgan fingerprint density at radius 3 is 2.40 bits per heavy atom. The summed E-state index contributed by atoms with van der Waals surface area (Å²) in [4.78, 5) is 24.0. The van der Waals surface area contributed by atoms with Gasteiger partial charge in [-0.3, -0.25) is 9.59 Å². The smallest absolute Gasteiger partial charge is 0.303 e. The highest BCUT2D eigenvalue weighted by molar-refractivity contribution is 5.86. The van der Waals surface area contributed by atoms with Crippen molar-refractivity contribution in [3.05, 3.63) is 52.7 Å². The van der Waals surface area contributed by atoms with Crippen LogP contribution in [0.25, 0.3) is 22.3 Å². The lowest BCUT2D eigenvalue weighted by atomic mass is 9.99. The van der Waals surface area contributed by atoms with Crippen molar-refractivity contribution in [3.8, 4) is 28.6 Å². The summed E-state index contributed by atoms with van der Waals surface area (Å²) in [6.07, 6.45) is -7.29. The molecule has 1 aliphatic rings. The van der Waals surface area contributed by atoms with Gasteiger partial charge in [-0.2, -0.15) is 0 Å². The van der Waals surface area contributed by atoms with E-state index in [4.69, 9.17) is 23.4 Å². The van der Waals surface area contributed by atoms with E-state index in [-0.39, 0.29) is 22.5 Å². The number of rotatable bonds is 6. The van der Waals surface area contributed by atoms with Crippen LogP contribution in [0.3, 0.4) is 0 Å². The number of benzene rings is 2. The molecule has 5 atom stereocenters. The number of esters is 1. The second-order valence-electron chi connectivity index (χ2n) is 7.92. The Morgan fingerprint density at radius 2 is 1.77 bits per heavy atom. The quantitative estimate of drug-likeness (QED) is 0.365. The summed E-state index contributed by atoms with van der Waals surface area (Å²) in [6, 6.07) is 10.5. The van der Waals surface area contributed by atoms with Gasteiger partial charge in [0.2, 0.25) is 6.29 Å².